The predicted molar refractivity (Wildman–Crippen MR) is 61.7 cm³/mol. The van der Waals surface area contributed by atoms with Crippen LogP contribution in [0.3, 0.4) is 0 Å². The van der Waals surface area contributed by atoms with Gasteiger partial charge in [-0.2, -0.15) is 11.8 Å². The molecule has 82 valence electrons. The third kappa shape index (κ3) is 2.88. The highest BCUT2D eigenvalue weighted by Gasteiger charge is 2.25. The highest BCUT2D eigenvalue weighted by molar-refractivity contribution is 7.99. The summed E-state index contributed by atoms with van der Waals surface area (Å²) in [7, 11) is 0. The van der Waals surface area contributed by atoms with Crippen LogP contribution in [0.4, 0.5) is 0 Å². The zero-order valence-corrected chi connectivity index (χ0v) is 9.56. The van der Waals surface area contributed by atoms with Crippen molar-refractivity contribution in [2.45, 2.75) is 44.2 Å². The monoisotopic (exact) mass is 215 g/mol. The van der Waals surface area contributed by atoms with E-state index in [1.54, 1.807) is 0 Å². The molecule has 0 amide bonds. The molecule has 0 radical (unpaired) electrons. The highest BCUT2D eigenvalue weighted by atomic mass is 32.2. The molecule has 2 atom stereocenters. The second-order valence-electron chi connectivity index (χ2n) is 4.57. The van der Waals surface area contributed by atoms with Crippen LogP contribution in [0.2, 0.25) is 0 Å². The Hall–Kier alpha value is 0.270. The summed E-state index contributed by atoms with van der Waals surface area (Å²) in [5.41, 5.74) is 0. The zero-order valence-electron chi connectivity index (χ0n) is 8.74. The number of hydrogen-bond donors (Lipinski definition) is 2. The number of thioether (sulfide) groups is 1. The minimum absolute atomic E-state index is 0.0760. The second kappa shape index (κ2) is 5.38. The summed E-state index contributed by atoms with van der Waals surface area (Å²) in [6, 6.07) is 0.393. The predicted octanol–water partition coefficient (Wildman–Crippen LogP) is 1.63. The van der Waals surface area contributed by atoms with Gasteiger partial charge in [0.2, 0.25) is 0 Å². The van der Waals surface area contributed by atoms with Crippen LogP contribution in [-0.4, -0.2) is 35.3 Å². The maximum Gasteiger partial charge on any atom is 0.0693 e. The van der Waals surface area contributed by atoms with E-state index >= 15 is 0 Å². The van der Waals surface area contributed by atoms with E-state index in [-0.39, 0.29) is 6.10 Å². The second-order valence-corrected chi connectivity index (χ2v) is 5.79. The molecule has 0 aromatic rings. The molecule has 0 spiro atoms. The fraction of sp³-hybridized carbons (Fsp3) is 1.00. The van der Waals surface area contributed by atoms with Crippen LogP contribution in [0.15, 0.2) is 0 Å². The van der Waals surface area contributed by atoms with Gasteiger partial charge in [-0.3, -0.25) is 0 Å². The Bertz CT molecular complexity index is 171. The third-order valence-corrected chi connectivity index (χ3v) is 4.54. The van der Waals surface area contributed by atoms with Crippen molar-refractivity contribution in [3.8, 4) is 0 Å². The van der Waals surface area contributed by atoms with Crippen molar-refractivity contribution in [3.05, 3.63) is 0 Å². The average molecular weight is 215 g/mol. The summed E-state index contributed by atoms with van der Waals surface area (Å²) in [4.78, 5) is 0. The lowest BCUT2D eigenvalue weighted by Gasteiger charge is -2.24. The molecule has 0 aromatic heterocycles. The van der Waals surface area contributed by atoms with Crippen molar-refractivity contribution in [3.63, 3.8) is 0 Å². The van der Waals surface area contributed by atoms with Gasteiger partial charge in [-0.05, 0) is 56.1 Å². The molecule has 2 rings (SSSR count). The van der Waals surface area contributed by atoms with Gasteiger partial charge in [-0.15, -0.1) is 0 Å². The number of rotatable bonds is 3. The van der Waals surface area contributed by atoms with Gasteiger partial charge >= 0.3 is 0 Å². The van der Waals surface area contributed by atoms with Crippen LogP contribution < -0.4 is 5.32 Å². The van der Waals surface area contributed by atoms with E-state index in [0.29, 0.717) is 6.04 Å². The minimum Gasteiger partial charge on any atom is -0.392 e. The first-order valence-electron chi connectivity index (χ1n) is 5.85. The first-order chi connectivity index (χ1) is 6.86. The Labute approximate surface area is 90.8 Å². The van der Waals surface area contributed by atoms with E-state index in [0.717, 1.165) is 18.9 Å². The molecule has 2 fully saturated rings. The summed E-state index contributed by atoms with van der Waals surface area (Å²) < 4.78 is 0. The lowest BCUT2D eigenvalue weighted by atomic mass is 10.0. The number of nitrogens with one attached hydrogen (secondary N) is 1. The van der Waals surface area contributed by atoms with E-state index in [1.165, 1.54) is 37.2 Å². The molecule has 1 aliphatic carbocycles. The normalized spacial score (nSPS) is 34.9. The van der Waals surface area contributed by atoms with Crippen molar-refractivity contribution in [2.24, 2.45) is 5.92 Å². The van der Waals surface area contributed by atoms with Gasteiger partial charge in [0.15, 0.2) is 0 Å². The van der Waals surface area contributed by atoms with Crippen molar-refractivity contribution >= 4 is 11.8 Å². The maximum atomic E-state index is 9.65. The summed E-state index contributed by atoms with van der Waals surface area (Å²) in [6.07, 6.45) is 6.01. The summed E-state index contributed by atoms with van der Waals surface area (Å²) in [5.74, 6) is 3.53. The quantitative estimate of drug-likeness (QED) is 0.750. The summed E-state index contributed by atoms with van der Waals surface area (Å²) in [5, 5.41) is 13.2. The zero-order chi connectivity index (χ0) is 9.80. The molecule has 1 heterocycles. The van der Waals surface area contributed by atoms with Crippen LogP contribution in [0.5, 0.6) is 0 Å². The van der Waals surface area contributed by atoms with Crippen molar-refractivity contribution < 1.29 is 5.11 Å². The Morgan fingerprint density at radius 3 is 2.57 bits per heavy atom. The molecule has 1 saturated carbocycles. The van der Waals surface area contributed by atoms with Crippen molar-refractivity contribution in [2.75, 3.05) is 18.1 Å². The lowest BCUT2D eigenvalue weighted by Crippen LogP contribution is -2.39. The largest absolute Gasteiger partial charge is 0.392 e. The first-order valence-corrected chi connectivity index (χ1v) is 7.01. The molecule has 2 aliphatic rings. The Morgan fingerprint density at radius 1 is 1.14 bits per heavy atom. The van der Waals surface area contributed by atoms with Crippen LogP contribution >= 0.6 is 11.8 Å². The van der Waals surface area contributed by atoms with E-state index < -0.39 is 0 Å². The van der Waals surface area contributed by atoms with Crippen LogP contribution in [0.1, 0.15) is 32.1 Å². The van der Waals surface area contributed by atoms with E-state index in [1.807, 2.05) is 0 Å². The SMILES string of the molecule is O[C@@H]1CCC[C@H]1NCC1CCSCC1. The van der Waals surface area contributed by atoms with Gasteiger partial charge in [0.05, 0.1) is 6.10 Å². The standard InChI is InChI=1S/C11H21NOS/c13-11-3-1-2-10(11)12-8-9-4-6-14-7-5-9/h9-13H,1-8H2/t10-,11-/m1/s1. The van der Waals surface area contributed by atoms with Crippen molar-refractivity contribution in [1.82, 2.24) is 5.32 Å². The van der Waals surface area contributed by atoms with Crippen LogP contribution in [0, 0.1) is 5.92 Å². The number of hydrogen-bond acceptors (Lipinski definition) is 3. The molecule has 0 aromatic carbocycles. The number of aliphatic hydroxyl groups is 1. The molecule has 2 N–H and O–H groups in total. The van der Waals surface area contributed by atoms with E-state index in [4.69, 9.17) is 0 Å². The fourth-order valence-electron chi connectivity index (χ4n) is 2.45. The van der Waals surface area contributed by atoms with Crippen LogP contribution in [-0.2, 0) is 0 Å². The van der Waals surface area contributed by atoms with Crippen LogP contribution in [0.25, 0.3) is 0 Å². The molecular formula is C11H21NOS. The fourth-order valence-corrected chi connectivity index (χ4v) is 3.65. The molecular weight excluding hydrogens is 194 g/mol. The molecule has 0 unspecified atom stereocenters. The van der Waals surface area contributed by atoms with Crippen molar-refractivity contribution in [1.29, 1.82) is 0 Å². The summed E-state index contributed by atoms with van der Waals surface area (Å²) in [6.45, 7) is 1.13. The Morgan fingerprint density at radius 2 is 1.93 bits per heavy atom. The van der Waals surface area contributed by atoms with Gasteiger partial charge in [-0.25, -0.2) is 0 Å². The third-order valence-electron chi connectivity index (χ3n) is 3.49. The van der Waals surface area contributed by atoms with E-state index in [2.05, 4.69) is 17.1 Å². The molecule has 14 heavy (non-hydrogen) atoms. The first kappa shape index (κ1) is 10.8. The van der Waals surface area contributed by atoms with Gasteiger partial charge in [0.25, 0.3) is 0 Å². The highest BCUT2D eigenvalue weighted by Crippen LogP contribution is 2.23. The smallest absolute Gasteiger partial charge is 0.0693 e. The Kier molecular flexibility index (Phi) is 4.14. The summed E-state index contributed by atoms with van der Waals surface area (Å²) >= 11 is 2.08. The van der Waals surface area contributed by atoms with E-state index in [9.17, 15) is 5.11 Å². The molecule has 3 heteroatoms. The minimum atomic E-state index is -0.0760. The lowest BCUT2D eigenvalue weighted by molar-refractivity contribution is 0.146. The van der Waals surface area contributed by atoms with Gasteiger partial charge < -0.3 is 10.4 Å². The maximum absolute atomic E-state index is 9.65. The Balaban J connectivity index is 1.65. The van der Waals surface area contributed by atoms with Gasteiger partial charge in [-0.1, -0.05) is 0 Å². The number of aliphatic hydroxyl groups excluding tert-OH is 1. The molecule has 1 aliphatic heterocycles. The topological polar surface area (TPSA) is 32.3 Å². The van der Waals surface area contributed by atoms with Gasteiger partial charge in [0, 0.05) is 6.04 Å². The van der Waals surface area contributed by atoms with Gasteiger partial charge in [0.1, 0.15) is 0 Å². The average Bonchev–Trinajstić information content (AvgIpc) is 2.63. The molecule has 1 saturated heterocycles. The molecule has 0 bridgehead atoms. The molecule has 2 nitrogen and oxygen atoms in total.